The van der Waals surface area contributed by atoms with Crippen LogP contribution in [0, 0.1) is 0 Å². The van der Waals surface area contributed by atoms with Gasteiger partial charge >= 0.3 is 0 Å². The van der Waals surface area contributed by atoms with Crippen molar-refractivity contribution in [2.45, 2.75) is 6.92 Å². The maximum atomic E-state index is 11.7. The van der Waals surface area contributed by atoms with Crippen molar-refractivity contribution in [1.29, 1.82) is 0 Å². The first kappa shape index (κ1) is 10.5. The van der Waals surface area contributed by atoms with E-state index in [1.807, 2.05) is 43.3 Å². The van der Waals surface area contributed by atoms with Crippen LogP contribution < -0.4 is 0 Å². The van der Waals surface area contributed by atoms with Crippen LogP contribution in [0.3, 0.4) is 0 Å². The Morgan fingerprint density at radius 2 is 1.93 bits per heavy atom. The summed E-state index contributed by atoms with van der Waals surface area (Å²) in [5.74, 6) is 0.0405. The lowest BCUT2D eigenvalue weighted by atomic mass is 10.1. The molecule has 74 valence electrons. The van der Waals surface area contributed by atoms with Gasteiger partial charge in [0, 0.05) is 19.7 Å². The summed E-state index contributed by atoms with van der Waals surface area (Å²) in [5, 5.41) is 0. The standard InChI is InChI=1S/C12H15NO/c1-4-7-10-8-5-6-9-11(10)12(14)13(2)3/h4-9H,1-3H3/b7-4+. The molecule has 0 unspecified atom stereocenters. The molecule has 0 aliphatic heterocycles. The minimum atomic E-state index is 0.0405. The Kier molecular flexibility index (Phi) is 3.46. The van der Waals surface area contributed by atoms with Crippen molar-refractivity contribution in [2.75, 3.05) is 14.1 Å². The number of allylic oxidation sites excluding steroid dienone is 1. The summed E-state index contributed by atoms with van der Waals surface area (Å²) in [7, 11) is 3.52. The number of amides is 1. The van der Waals surface area contributed by atoms with Gasteiger partial charge in [0.2, 0.25) is 0 Å². The number of hydrogen-bond donors (Lipinski definition) is 0. The maximum absolute atomic E-state index is 11.7. The van der Waals surface area contributed by atoms with Gasteiger partial charge in [-0.3, -0.25) is 4.79 Å². The molecule has 0 fully saturated rings. The van der Waals surface area contributed by atoms with Crippen molar-refractivity contribution in [3.8, 4) is 0 Å². The molecule has 0 aromatic heterocycles. The predicted octanol–water partition coefficient (Wildman–Crippen LogP) is 2.42. The lowest BCUT2D eigenvalue weighted by molar-refractivity contribution is 0.0827. The predicted molar refractivity (Wildman–Crippen MR) is 59.2 cm³/mol. The Bertz CT molecular complexity index is 353. The third-order valence-corrected chi connectivity index (χ3v) is 1.94. The zero-order valence-electron chi connectivity index (χ0n) is 8.82. The Hall–Kier alpha value is -1.57. The van der Waals surface area contributed by atoms with Crippen LogP contribution in [0.25, 0.3) is 6.08 Å². The summed E-state index contributed by atoms with van der Waals surface area (Å²) < 4.78 is 0. The Morgan fingerprint density at radius 3 is 2.50 bits per heavy atom. The largest absolute Gasteiger partial charge is 0.345 e. The van der Waals surface area contributed by atoms with E-state index in [2.05, 4.69) is 0 Å². The fraction of sp³-hybridized carbons (Fsp3) is 0.250. The molecule has 0 radical (unpaired) electrons. The number of carbonyl (C=O) groups excluding carboxylic acids is 1. The van der Waals surface area contributed by atoms with Gasteiger partial charge in [-0.2, -0.15) is 0 Å². The quantitative estimate of drug-likeness (QED) is 0.699. The first-order chi connectivity index (χ1) is 6.66. The molecule has 0 bridgehead atoms. The summed E-state index contributed by atoms with van der Waals surface area (Å²) in [5.41, 5.74) is 1.71. The molecule has 0 aliphatic rings. The van der Waals surface area contributed by atoms with Crippen molar-refractivity contribution in [3.63, 3.8) is 0 Å². The molecule has 0 saturated heterocycles. The molecule has 0 N–H and O–H groups in total. The average molecular weight is 189 g/mol. The second-order valence-electron chi connectivity index (χ2n) is 3.29. The van der Waals surface area contributed by atoms with Gasteiger partial charge in [-0.05, 0) is 18.6 Å². The minimum Gasteiger partial charge on any atom is -0.345 e. The molecule has 1 aromatic rings. The van der Waals surface area contributed by atoms with Crippen LogP contribution in [0.15, 0.2) is 30.3 Å². The van der Waals surface area contributed by atoms with Crippen molar-refractivity contribution >= 4 is 12.0 Å². The molecule has 1 aromatic carbocycles. The molecule has 0 aliphatic carbocycles. The number of hydrogen-bond acceptors (Lipinski definition) is 1. The minimum absolute atomic E-state index is 0.0405. The number of nitrogens with zero attached hydrogens (tertiary/aromatic N) is 1. The molecule has 0 spiro atoms. The fourth-order valence-electron chi connectivity index (χ4n) is 1.26. The lowest BCUT2D eigenvalue weighted by Crippen LogP contribution is -2.22. The SMILES string of the molecule is C/C=C/c1ccccc1C(=O)N(C)C. The van der Waals surface area contributed by atoms with E-state index in [-0.39, 0.29) is 5.91 Å². The third kappa shape index (κ3) is 2.22. The van der Waals surface area contributed by atoms with E-state index >= 15 is 0 Å². The van der Waals surface area contributed by atoms with Gasteiger partial charge in [0.15, 0.2) is 0 Å². The van der Waals surface area contributed by atoms with E-state index in [1.165, 1.54) is 0 Å². The van der Waals surface area contributed by atoms with Gasteiger partial charge < -0.3 is 4.90 Å². The molecule has 2 heteroatoms. The van der Waals surface area contributed by atoms with Crippen LogP contribution >= 0.6 is 0 Å². The topological polar surface area (TPSA) is 20.3 Å². The summed E-state index contributed by atoms with van der Waals surface area (Å²) in [6.07, 6.45) is 3.87. The summed E-state index contributed by atoms with van der Waals surface area (Å²) in [6, 6.07) is 7.60. The van der Waals surface area contributed by atoms with Crippen LogP contribution in [-0.2, 0) is 0 Å². The molecule has 0 atom stereocenters. The van der Waals surface area contributed by atoms with Crippen molar-refractivity contribution in [3.05, 3.63) is 41.5 Å². The third-order valence-electron chi connectivity index (χ3n) is 1.94. The van der Waals surface area contributed by atoms with Gasteiger partial charge in [-0.1, -0.05) is 30.4 Å². The Labute approximate surface area is 84.9 Å². The Morgan fingerprint density at radius 1 is 1.29 bits per heavy atom. The van der Waals surface area contributed by atoms with E-state index in [0.29, 0.717) is 0 Å². The maximum Gasteiger partial charge on any atom is 0.253 e. The van der Waals surface area contributed by atoms with Crippen molar-refractivity contribution in [1.82, 2.24) is 4.90 Å². The molecule has 2 nitrogen and oxygen atoms in total. The highest BCUT2D eigenvalue weighted by Crippen LogP contribution is 2.12. The average Bonchev–Trinajstić information content (AvgIpc) is 2.18. The molecule has 0 heterocycles. The van der Waals surface area contributed by atoms with Gasteiger partial charge in [-0.15, -0.1) is 0 Å². The molecular formula is C12H15NO. The highest BCUT2D eigenvalue weighted by Gasteiger charge is 2.10. The van der Waals surface area contributed by atoms with E-state index in [0.717, 1.165) is 11.1 Å². The lowest BCUT2D eigenvalue weighted by Gasteiger charge is -2.12. The summed E-state index contributed by atoms with van der Waals surface area (Å²) in [6.45, 7) is 1.94. The normalized spacial score (nSPS) is 10.5. The Balaban J connectivity index is 3.13. The van der Waals surface area contributed by atoms with E-state index in [4.69, 9.17) is 0 Å². The van der Waals surface area contributed by atoms with E-state index < -0.39 is 0 Å². The van der Waals surface area contributed by atoms with E-state index in [9.17, 15) is 4.79 Å². The van der Waals surface area contributed by atoms with Gasteiger partial charge in [-0.25, -0.2) is 0 Å². The van der Waals surface area contributed by atoms with Crippen LogP contribution in [-0.4, -0.2) is 24.9 Å². The van der Waals surface area contributed by atoms with Crippen LogP contribution in [0.4, 0.5) is 0 Å². The van der Waals surface area contributed by atoms with Crippen LogP contribution in [0.5, 0.6) is 0 Å². The van der Waals surface area contributed by atoms with Gasteiger partial charge in [0.25, 0.3) is 5.91 Å². The smallest absolute Gasteiger partial charge is 0.253 e. The molecule has 1 amide bonds. The van der Waals surface area contributed by atoms with Crippen molar-refractivity contribution < 1.29 is 4.79 Å². The zero-order valence-corrected chi connectivity index (χ0v) is 8.82. The highest BCUT2D eigenvalue weighted by atomic mass is 16.2. The number of rotatable bonds is 2. The molecule has 0 saturated carbocycles. The number of benzene rings is 1. The molecule has 1 rings (SSSR count). The summed E-state index contributed by atoms with van der Waals surface area (Å²) in [4.78, 5) is 13.3. The first-order valence-electron chi connectivity index (χ1n) is 4.60. The second-order valence-corrected chi connectivity index (χ2v) is 3.29. The molecule has 14 heavy (non-hydrogen) atoms. The second kappa shape index (κ2) is 4.61. The zero-order chi connectivity index (χ0) is 10.6. The van der Waals surface area contributed by atoms with Crippen LogP contribution in [0.1, 0.15) is 22.8 Å². The highest BCUT2D eigenvalue weighted by molar-refractivity contribution is 5.97. The van der Waals surface area contributed by atoms with Crippen molar-refractivity contribution in [2.24, 2.45) is 0 Å². The van der Waals surface area contributed by atoms with Gasteiger partial charge in [0.1, 0.15) is 0 Å². The molecular weight excluding hydrogens is 174 g/mol. The number of carbonyl (C=O) groups is 1. The first-order valence-corrected chi connectivity index (χ1v) is 4.60. The summed E-state index contributed by atoms with van der Waals surface area (Å²) >= 11 is 0. The van der Waals surface area contributed by atoms with Crippen LogP contribution in [0.2, 0.25) is 0 Å². The monoisotopic (exact) mass is 189 g/mol. The van der Waals surface area contributed by atoms with Gasteiger partial charge in [0.05, 0.1) is 0 Å². The van der Waals surface area contributed by atoms with E-state index in [1.54, 1.807) is 19.0 Å². The fourth-order valence-corrected chi connectivity index (χ4v) is 1.26.